The molecule has 0 fully saturated rings. The van der Waals surface area contributed by atoms with E-state index in [1.165, 1.54) is 12.1 Å². The summed E-state index contributed by atoms with van der Waals surface area (Å²) in [5, 5.41) is 0.819. The molecule has 1 aliphatic rings. The molecule has 0 saturated heterocycles. The third-order valence-electron chi connectivity index (χ3n) is 3.30. The van der Waals surface area contributed by atoms with Gasteiger partial charge in [-0.1, -0.05) is 29.3 Å². The molecule has 0 unspecified atom stereocenters. The Morgan fingerprint density at radius 2 is 1.76 bits per heavy atom. The SMILES string of the molecule is O=C(/C=C/c1ccc(Cl)c(Cl)c1)NNC(=O)c1ccc2c(c1)OCO2. The second-order valence-corrected chi connectivity index (χ2v) is 5.83. The number of hydrogen-bond acceptors (Lipinski definition) is 4. The fourth-order valence-corrected chi connectivity index (χ4v) is 2.36. The lowest BCUT2D eigenvalue weighted by molar-refractivity contribution is -0.117. The zero-order valence-electron chi connectivity index (χ0n) is 12.7. The van der Waals surface area contributed by atoms with Crippen molar-refractivity contribution in [3.8, 4) is 11.5 Å². The lowest BCUT2D eigenvalue weighted by Gasteiger charge is -2.06. The van der Waals surface area contributed by atoms with E-state index in [0.717, 1.165) is 0 Å². The third-order valence-corrected chi connectivity index (χ3v) is 4.04. The van der Waals surface area contributed by atoms with Gasteiger partial charge in [-0.05, 0) is 42.0 Å². The zero-order valence-corrected chi connectivity index (χ0v) is 14.2. The summed E-state index contributed by atoms with van der Waals surface area (Å²) in [5.41, 5.74) is 5.63. The first-order valence-electron chi connectivity index (χ1n) is 7.16. The van der Waals surface area contributed by atoms with Gasteiger partial charge in [-0.2, -0.15) is 0 Å². The highest BCUT2D eigenvalue weighted by atomic mass is 35.5. The molecule has 0 atom stereocenters. The summed E-state index contributed by atoms with van der Waals surface area (Å²) in [6.07, 6.45) is 2.81. The van der Waals surface area contributed by atoms with Crippen LogP contribution in [0.3, 0.4) is 0 Å². The normalized spacial score (nSPS) is 12.2. The smallest absolute Gasteiger partial charge is 0.269 e. The molecule has 25 heavy (non-hydrogen) atoms. The highest BCUT2D eigenvalue weighted by molar-refractivity contribution is 6.42. The summed E-state index contributed by atoms with van der Waals surface area (Å²) >= 11 is 11.7. The number of rotatable bonds is 3. The quantitative estimate of drug-likeness (QED) is 0.635. The minimum atomic E-state index is -0.500. The maximum Gasteiger partial charge on any atom is 0.269 e. The Morgan fingerprint density at radius 3 is 2.56 bits per heavy atom. The highest BCUT2D eigenvalue weighted by Gasteiger charge is 2.16. The number of hydrogen-bond donors (Lipinski definition) is 2. The van der Waals surface area contributed by atoms with Crippen LogP contribution in [0, 0.1) is 0 Å². The van der Waals surface area contributed by atoms with Crippen molar-refractivity contribution in [3.63, 3.8) is 0 Å². The predicted molar refractivity (Wildman–Crippen MR) is 93.7 cm³/mol. The molecule has 1 aliphatic heterocycles. The minimum Gasteiger partial charge on any atom is -0.454 e. The van der Waals surface area contributed by atoms with Crippen molar-refractivity contribution < 1.29 is 19.1 Å². The first kappa shape index (κ1) is 17.1. The lowest BCUT2D eigenvalue weighted by atomic mass is 10.2. The van der Waals surface area contributed by atoms with Gasteiger partial charge in [0.25, 0.3) is 11.8 Å². The van der Waals surface area contributed by atoms with Crippen molar-refractivity contribution in [2.75, 3.05) is 6.79 Å². The molecule has 2 aromatic carbocycles. The van der Waals surface area contributed by atoms with E-state index in [1.807, 2.05) is 0 Å². The molecule has 128 valence electrons. The Balaban J connectivity index is 1.55. The molecule has 0 saturated carbocycles. The number of nitrogens with one attached hydrogen (secondary N) is 2. The molecule has 2 N–H and O–H groups in total. The Labute approximate surface area is 153 Å². The standard InChI is InChI=1S/C17H12Cl2N2O4/c18-12-4-1-10(7-13(12)19)2-6-16(22)20-21-17(23)11-3-5-14-15(8-11)25-9-24-14/h1-8H,9H2,(H,20,22)(H,21,23)/b6-2+. The molecular formula is C17H12Cl2N2O4. The fraction of sp³-hybridized carbons (Fsp3) is 0.0588. The van der Waals surface area contributed by atoms with Gasteiger partial charge < -0.3 is 9.47 Å². The van der Waals surface area contributed by atoms with E-state index in [9.17, 15) is 9.59 Å². The van der Waals surface area contributed by atoms with Crippen molar-refractivity contribution in [2.24, 2.45) is 0 Å². The third kappa shape index (κ3) is 4.23. The van der Waals surface area contributed by atoms with E-state index in [0.29, 0.717) is 32.7 Å². The van der Waals surface area contributed by atoms with Crippen molar-refractivity contribution >= 4 is 41.1 Å². The molecule has 1 heterocycles. The first-order chi connectivity index (χ1) is 12.0. The van der Waals surface area contributed by atoms with E-state index < -0.39 is 11.8 Å². The Bertz CT molecular complexity index is 868. The average molecular weight is 379 g/mol. The molecule has 3 rings (SSSR count). The number of hydrazine groups is 1. The van der Waals surface area contributed by atoms with Crippen LogP contribution in [0.2, 0.25) is 10.0 Å². The summed E-state index contributed by atoms with van der Waals surface area (Å²) in [6.45, 7) is 0.122. The van der Waals surface area contributed by atoms with Crippen LogP contribution in [-0.4, -0.2) is 18.6 Å². The van der Waals surface area contributed by atoms with E-state index in [2.05, 4.69) is 10.9 Å². The highest BCUT2D eigenvalue weighted by Crippen LogP contribution is 2.32. The van der Waals surface area contributed by atoms with Crippen LogP contribution in [-0.2, 0) is 4.79 Å². The van der Waals surface area contributed by atoms with Gasteiger partial charge in [0, 0.05) is 11.6 Å². The number of fused-ring (bicyclic) bond motifs is 1. The predicted octanol–water partition coefficient (Wildman–Crippen LogP) is 3.20. The zero-order chi connectivity index (χ0) is 17.8. The maximum atomic E-state index is 12.0. The summed E-state index contributed by atoms with van der Waals surface area (Å²) in [6, 6.07) is 9.70. The Kier molecular flexibility index (Phi) is 5.11. The van der Waals surface area contributed by atoms with E-state index in [-0.39, 0.29) is 6.79 Å². The number of amides is 2. The molecule has 2 aromatic rings. The van der Waals surface area contributed by atoms with Gasteiger partial charge in [0.1, 0.15) is 0 Å². The number of benzene rings is 2. The van der Waals surface area contributed by atoms with Crippen LogP contribution in [0.5, 0.6) is 11.5 Å². The molecule has 0 spiro atoms. The van der Waals surface area contributed by atoms with Gasteiger partial charge in [-0.3, -0.25) is 20.4 Å². The van der Waals surface area contributed by atoms with Crippen LogP contribution in [0.15, 0.2) is 42.5 Å². The molecule has 2 amide bonds. The Hall–Kier alpha value is -2.70. The van der Waals surface area contributed by atoms with Crippen molar-refractivity contribution in [3.05, 3.63) is 63.6 Å². The minimum absolute atomic E-state index is 0.122. The molecule has 8 heteroatoms. The molecular weight excluding hydrogens is 367 g/mol. The van der Waals surface area contributed by atoms with Crippen LogP contribution < -0.4 is 20.3 Å². The summed E-state index contributed by atoms with van der Waals surface area (Å²) in [5.74, 6) is 0.0818. The average Bonchev–Trinajstić information content (AvgIpc) is 3.08. The number of carbonyl (C=O) groups excluding carboxylic acids is 2. The summed E-state index contributed by atoms with van der Waals surface area (Å²) < 4.78 is 10.4. The summed E-state index contributed by atoms with van der Waals surface area (Å²) in [4.78, 5) is 23.8. The molecule has 6 nitrogen and oxygen atoms in total. The maximum absolute atomic E-state index is 12.0. The number of halogens is 2. The van der Waals surface area contributed by atoms with Crippen LogP contribution >= 0.6 is 23.2 Å². The Morgan fingerprint density at radius 1 is 0.960 bits per heavy atom. The second-order valence-electron chi connectivity index (χ2n) is 5.02. The van der Waals surface area contributed by atoms with E-state index in [1.54, 1.807) is 36.4 Å². The molecule has 0 radical (unpaired) electrons. The van der Waals surface area contributed by atoms with Crippen molar-refractivity contribution in [2.45, 2.75) is 0 Å². The number of ether oxygens (including phenoxy) is 2. The van der Waals surface area contributed by atoms with Crippen molar-refractivity contribution in [1.82, 2.24) is 10.9 Å². The van der Waals surface area contributed by atoms with Crippen molar-refractivity contribution in [1.29, 1.82) is 0 Å². The molecule has 0 aromatic heterocycles. The molecule has 0 aliphatic carbocycles. The first-order valence-corrected chi connectivity index (χ1v) is 7.91. The van der Waals surface area contributed by atoms with Gasteiger partial charge in [0.15, 0.2) is 11.5 Å². The molecule has 0 bridgehead atoms. The van der Waals surface area contributed by atoms with E-state index >= 15 is 0 Å². The second kappa shape index (κ2) is 7.46. The lowest BCUT2D eigenvalue weighted by Crippen LogP contribution is -2.40. The van der Waals surface area contributed by atoms with Gasteiger partial charge in [-0.15, -0.1) is 0 Å². The number of carbonyl (C=O) groups is 2. The van der Waals surface area contributed by atoms with Gasteiger partial charge in [0.05, 0.1) is 10.0 Å². The topological polar surface area (TPSA) is 76.7 Å². The largest absolute Gasteiger partial charge is 0.454 e. The van der Waals surface area contributed by atoms with Crippen LogP contribution in [0.4, 0.5) is 0 Å². The van der Waals surface area contributed by atoms with Gasteiger partial charge >= 0.3 is 0 Å². The van der Waals surface area contributed by atoms with E-state index in [4.69, 9.17) is 32.7 Å². The van der Waals surface area contributed by atoms with Gasteiger partial charge in [0.2, 0.25) is 6.79 Å². The van der Waals surface area contributed by atoms with Gasteiger partial charge in [-0.25, -0.2) is 0 Å². The van der Waals surface area contributed by atoms with Crippen LogP contribution in [0.25, 0.3) is 6.08 Å². The monoisotopic (exact) mass is 378 g/mol. The van der Waals surface area contributed by atoms with Crippen LogP contribution in [0.1, 0.15) is 15.9 Å². The summed E-state index contributed by atoms with van der Waals surface area (Å²) in [7, 11) is 0. The fourth-order valence-electron chi connectivity index (χ4n) is 2.06.